The van der Waals surface area contributed by atoms with Crippen molar-refractivity contribution < 1.29 is 11.3 Å². The molecule has 0 N–H and O–H groups in total. The van der Waals surface area contributed by atoms with Crippen molar-refractivity contribution in [1.29, 1.82) is 0 Å². The maximum Gasteiger partial charge on any atom is 0.164 e. The zero-order chi connectivity index (χ0) is 37.8. The molecular weight excluding hydrogens is 645 g/mol. The van der Waals surface area contributed by atoms with E-state index in [0.29, 0.717) is 22.5 Å². The quantitative estimate of drug-likeness (QED) is 0.186. The van der Waals surface area contributed by atoms with Crippen molar-refractivity contribution in [2.45, 2.75) is 0 Å². The molecule has 0 bridgehead atoms. The van der Waals surface area contributed by atoms with Crippen LogP contribution in [0.2, 0.25) is 0 Å². The Kier molecular flexibility index (Phi) is 5.08. The molecule has 0 amide bonds. The summed E-state index contributed by atoms with van der Waals surface area (Å²) in [4.78, 5) is 14.5. The van der Waals surface area contributed by atoms with Crippen LogP contribution >= 0.6 is 11.3 Å². The zero-order valence-corrected chi connectivity index (χ0v) is 27.5. The van der Waals surface area contributed by atoms with E-state index in [2.05, 4.69) is 83.4 Å². The molecule has 0 aliphatic rings. The molecule has 0 fully saturated rings. The van der Waals surface area contributed by atoms with Crippen molar-refractivity contribution in [3.8, 4) is 39.9 Å². The number of nitrogens with zero attached hydrogens (tertiary/aromatic N) is 4. The Morgan fingerprint density at radius 2 is 1.08 bits per heavy atom. The topological polar surface area (TPSA) is 56.7 Å². The van der Waals surface area contributed by atoms with E-state index in [9.17, 15) is 0 Å². The van der Waals surface area contributed by atoms with Crippen molar-refractivity contribution in [3.63, 3.8) is 0 Å². The third-order valence-electron chi connectivity index (χ3n) is 9.55. The highest BCUT2D eigenvalue weighted by molar-refractivity contribution is 7.26. The van der Waals surface area contributed by atoms with E-state index < -0.39 is 18.1 Å². The second-order valence-corrected chi connectivity index (χ2v) is 13.5. The predicted molar refractivity (Wildman–Crippen MR) is 211 cm³/mol. The van der Waals surface area contributed by atoms with Gasteiger partial charge in [0.1, 0.15) is 11.2 Å². The van der Waals surface area contributed by atoms with Crippen LogP contribution in [0.4, 0.5) is 0 Å². The summed E-state index contributed by atoms with van der Waals surface area (Å²) in [5.74, 6) is 0.574. The van der Waals surface area contributed by atoms with Gasteiger partial charge in [-0.1, -0.05) is 115 Å². The second-order valence-electron chi connectivity index (χ2n) is 12.5. The number of aromatic nitrogens is 4. The van der Waals surface area contributed by atoms with Gasteiger partial charge in [-0.25, -0.2) is 15.0 Å². The molecule has 4 heterocycles. The number of benzene rings is 7. The highest BCUT2D eigenvalue weighted by Gasteiger charge is 2.18. The summed E-state index contributed by atoms with van der Waals surface area (Å²) in [7, 11) is 0. The van der Waals surface area contributed by atoms with E-state index >= 15 is 0 Å². The Balaban J connectivity index is 1.12. The minimum Gasteiger partial charge on any atom is -0.456 e. The van der Waals surface area contributed by atoms with Gasteiger partial charge < -0.3 is 8.98 Å². The third-order valence-corrected chi connectivity index (χ3v) is 10.7. The first-order chi connectivity index (χ1) is 27.3. The molecule has 0 aliphatic heterocycles. The van der Waals surface area contributed by atoms with Crippen LogP contribution < -0.4 is 0 Å². The summed E-state index contributed by atoms with van der Waals surface area (Å²) < 4.78 is 53.1. The molecule has 51 heavy (non-hydrogen) atoms. The Bertz CT molecular complexity index is 3380. The molecule has 0 saturated heterocycles. The Morgan fingerprint density at radius 3 is 1.82 bits per heavy atom. The van der Waals surface area contributed by atoms with Gasteiger partial charge in [-0.05, 0) is 42.5 Å². The number of fused-ring (bicyclic) bond motifs is 9. The lowest BCUT2D eigenvalue weighted by Gasteiger charge is -2.09. The molecule has 4 aromatic heterocycles. The molecule has 0 radical (unpaired) electrons. The van der Waals surface area contributed by atoms with E-state index in [-0.39, 0.29) is 29.3 Å². The Hall–Kier alpha value is -6.63. The highest BCUT2D eigenvalue weighted by atomic mass is 32.1. The second kappa shape index (κ2) is 10.9. The maximum absolute atomic E-state index is 8.75. The van der Waals surface area contributed by atoms with Gasteiger partial charge in [0.2, 0.25) is 0 Å². The van der Waals surface area contributed by atoms with Crippen LogP contribution in [0.1, 0.15) is 6.85 Å². The van der Waals surface area contributed by atoms with E-state index in [4.69, 9.17) is 26.2 Å². The Morgan fingerprint density at radius 1 is 0.490 bits per heavy atom. The van der Waals surface area contributed by atoms with Crippen LogP contribution in [0.25, 0.3) is 104 Å². The summed E-state index contributed by atoms with van der Waals surface area (Å²) >= 11 is 1.69. The van der Waals surface area contributed by atoms with Crippen molar-refractivity contribution in [1.82, 2.24) is 19.5 Å². The summed E-state index contributed by atoms with van der Waals surface area (Å²) in [6.07, 6.45) is 0. The van der Waals surface area contributed by atoms with E-state index in [1.54, 1.807) is 11.3 Å². The maximum atomic E-state index is 8.75. The average molecular weight is 676 g/mol. The molecule has 6 heteroatoms. The summed E-state index contributed by atoms with van der Waals surface area (Å²) in [6, 6.07) is 40.9. The highest BCUT2D eigenvalue weighted by Crippen LogP contribution is 2.42. The zero-order valence-electron chi connectivity index (χ0n) is 31.7. The average Bonchev–Trinajstić information content (AvgIpc) is 3.91. The van der Waals surface area contributed by atoms with Gasteiger partial charge in [0.25, 0.3) is 0 Å². The molecule has 11 aromatic rings. The summed E-state index contributed by atoms with van der Waals surface area (Å²) in [5, 5.41) is 6.55. The fourth-order valence-corrected chi connectivity index (χ4v) is 8.50. The van der Waals surface area contributed by atoms with Crippen molar-refractivity contribution in [3.05, 3.63) is 158 Å². The molecular formula is C45H26N4OS. The number of rotatable bonds is 4. The first-order valence-electron chi connectivity index (χ1n) is 19.0. The number of hydrogen-bond acceptors (Lipinski definition) is 5. The molecule has 0 spiro atoms. The molecule has 5 nitrogen and oxygen atoms in total. The van der Waals surface area contributed by atoms with Gasteiger partial charge in [0.15, 0.2) is 17.5 Å². The molecule has 0 saturated carbocycles. The largest absolute Gasteiger partial charge is 0.456 e. The van der Waals surface area contributed by atoms with Gasteiger partial charge in [-0.2, -0.15) is 0 Å². The van der Waals surface area contributed by atoms with Crippen LogP contribution in [0.3, 0.4) is 0 Å². The fraction of sp³-hybridized carbons (Fsp3) is 0. The monoisotopic (exact) mass is 675 g/mol. The SMILES string of the molecule is [2H]c1c([2H])c([2H])c(-c2nc(-c3ccc4c(c3)oc3ccccc34)nc(-c3ccc4c(c3)sc3c(-n5c6ccccc6c6ccccc65)cccc34)n2)c([2H])c1[2H]. The van der Waals surface area contributed by atoms with Gasteiger partial charge in [0, 0.05) is 53.7 Å². The standard InChI is InChI=1S/C45H26N4OS/c1-2-11-27(12-3-1)43-46-44(28-21-23-33-32-15-6-9-20-39(32)50-40(33)25-28)48-45(47-43)29-22-24-34-35-16-10-19-38(42(35)51-41(34)26-29)49-36-17-7-4-13-30(36)31-14-5-8-18-37(31)49/h1-26H/i1D,2D,3D,11D,12D. The molecule has 7 aromatic carbocycles. The molecule has 238 valence electrons. The number of para-hydroxylation sites is 3. The van der Waals surface area contributed by atoms with Crippen LogP contribution in [0.5, 0.6) is 0 Å². The van der Waals surface area contributed by atoms with E-state index in [1.807, 2.05) is 48.5 Å². The first kappa shape index (κ1) is 23.7. The van der Waals surface area contributed by atoms with E-state index in [1.165, 1.54) is 10.8 Å². The number of thiophene rings is 1. The van der Waals surface area contributed by atoms with Gasteiger partial charge >= 0.3 is 0 Å². The number of hydrogen-bond donors (Lipinski definition) is 0. The molecule has 0 unspecified atom stereocenters. The normalized spacial score (nSPS) is 13.3. The van der Waals surface area contributed by atoms with Crippen LogP contribution in [0.15, 0.2) is 162 Å². The minimum absolute atomic E-state index is 0.0169. The van der Waals surface area contributed by atoms with Crippen molar-refractivity contribution in [2.75, 3.05) is 0 Å². The predicted octanol–water partition coefficient (Wildman–Crippen LogP) is 12.2. The van der Waals surface area contributed by atoms with Crippen LogP contribution in [-0.2, 0) is 0 Å². The number of furan rings is 1. The van der Waals surface area contributed by atoms with Gasteiger partial charge in [-0.3, -0.25) is 0 Å². The van der Waals surface area contributed by atoms with Crippen molar-refractivity contribution >= 4 is 75.3 Å². The van der Waals surface area contributed by atoms with Crippen LogP contribution in [0, 0.1) is 0 Å². The molecule has 0 aliphatic carbocycles. The summed E-state index contributed by atoms with van der Waals surface area (Å²) in [6.45, 7) is 0. The smallest absolute Gasteiger partial charge is 0.164 e. The minimum atomic E-state index is -0.482. The Labute approximate surface area is 302 Å². The lowest BCUT2D eigenvalue weighted by molar-refractivity contribution is 0.669. The van der Waals surface area contributed by atoms with Gasteiger partial charge in [-0.15, -0.1) is 11.3 Å². The molecule has 11 rings (SSSR count). The van der Waals surface area contributed by atoms with Crippen LogP contribution in [-0.4, -0.2) is 19.5 Å². The fourth-order valence-electron chi connectivity index (χ4n) is 7.25. The lowest BCUT2D eigenvalue weighted by Crippen LogP contribution is -2.00. The first-order valence-corrected chi connectivity index (χ1v) is 17.3. The summed E-state index contributed by atoms with van der Waals surface area (Å²) in [5.41, 5.74) is 6.02. The van der Waals surface area contributed by atoms with Gasteiger partial charge in [0.05, 0.1) is 28.3 Å². The lowest BCUT2D eigenvalue weighted by atomic mass is 10.1. The van der Waals surface area contributed by atoms with Crippen molar-refractivity contribution in [2.24, 2.45) is 0 Å². The van der Waals surface area contributed by atoms with E-state index in [0.717, 1.165) is 53.2 Å². The third kappa shape index (κ3) is 4.37. The molecule has 0 atom stereocenters.